The zero-order chi connectivity index (χ0) is 20.2. The number of nitrogens with zero attached hydrogens (tertiary/aromatic N) is 3. The fourth-order valence-electron chi connectivity index (χ4n) is 3.84. The second-order valence-electron chi connectivity index (χ2n) is 7.43. The lowest BCUT2D eigenvalue weighted by Gasteiger charge is -2.32. The molecule has 1 aliphatic rings. The molecule has 0 bridgehead atoms. The van der Waals surface area contributed by atoms with Crippen molar-refractivity contribution in [3.63, 3.8) is 0 Å². The Balaban J connectivity index is 1.72. The van der Waals surface area contributed by atoms with E-state index in [0.717, 1.165) is 59.5 Å². The van der Waals surface area contributed by atoms with Gasteiger partial charge in [-0.25, -0.2) is 4.98 Å². The van der Waals surface area contributed by atoms with Crippen molar-refractivity contribution in [1.82, 2.24) is 9.97 Å². The number of piperidine rings is 1. The summed E-state index contributed by atoms with van der Waals surface area (Å²) in [5.41, 5.74) is 3.43. The van der Waals surface area contributed by atoms with E-state index in [1.165, 1.54) is 0 Å². The predicted molar refractivity (Wildman–Crippen MR) is 110 cm³/mol. The molecule has 3 aromatic rings. The number of carbonyl (C=O) groups is 1. The van der Waals surface area contributed by atoms with Gasteiger partial charge in [-0.05, 0) is 49.9 Å². The molecule has 0 radical (unpaired) electrons. The molecular weight excluding hydrogens is 370 g/mol. The number of aryl methyl sites for hydroxylation is 1. The maximum atomic E-state index is 11.6. The molecule has 1 saturated heterocycles. The molecule has 29 heavy (non-hydrogen) atoms. The summed E-state index contributed by atoms with van der Waals surface area (Å²) in [6.07, 6.45) is 6.64. The molecule has 1 aliphatic heterocycles. The molecule has 0 spiro atoms. The molecule has 1 N–H and O–H groups in total. The Bertz CT molecular complexity index is 1000. The minimum Gasteiger partial charge on any atom is -0.481 e. The van der Waals surface area contributed by atoms with E-state index >= 15 is 0 Å². The van der Waals surface area contributed by atoms with Crippen LogP contribution >= 0.6 is 0 Å². The number of aromatic nitrogens is 2. The molecule has 7 nitrogen and oxygen atoms in total. The summed E-state index contributed by atoms with van der Waals surface area (Å²) >= 11 is 0. The lowest BCUT2D eigenvalue weighted by Crippen LogP contribution is -2.39. The van der Waals surface area contributed by atoms with Gasteiger partial charge in [0.2, 0.25) is 0 Å². The lowest BCUT2D eigenvalue weighted by molar-refractivity contribution is -0.141. The molecule has 4 rings (SSSR count). The molecule has 2 aromatic heterocycles. The normalized spacial score (nSPS) is 17.0. The quantitative estimate of drug-likeness (QED) is 0.609. The monoisotopic (exact) mass is 395 g/mol. The van der Waals surface area contributed by atoms with Crippen molar-refractivity contribution >= 4 is 22.8 Å². The maximum absolute atomic E-state index is 11.6. The standard InChI is InChI=1S/C22H25N3O4/c1-28-10-3-5-18-13-23-20(16-6-7-19-15(12-16)8-11-29-19)21(24-18)25-9-2-4-17(14-25)22(26)27/h6-8,11-13,17H,2-5,9-10,14H2,1H3,(H,26,27)/t17-/m0/s1. The molecule has 0 saturated carbocycles. The Morgan fingerprint density at radius 3 is 3.10 bits per heavy atom. The summed E-state index contributed by atoms with van der Waals surface area (Å²) < 4.78 is 10.6. The van der Waals surface area contributed by atoms with Crippen LogP contribution in [0.2, 0.25) is 0 Å². The average molecular weight is 395 g/mol. The molecule has 1 aromatic carbocycles. The van der Waals surface area contributed by atoms with Crippen LogP contribution in [0.1, 0.15) is 25.0 Å². The van der Waals surface area contributed by atoms with Crippen LogP contribution in [0.25, 0.3) is 22.2 Å². The smallest absolute Gasteiger partial charge is 0.308 e. The number of carboxylic acids is 1. The van der Waals surface area contributed by atoms with Crippen LogP contribution in [0.4, 0.5) is 5.82 Å². The first-order valence-corrected chi connectivity index (χ1v) is 9.96. The topological polar surface area (TPSA) is 88.7 Å². The van der Waals surface area contributed by atoms with Crippen LogP contribution in [0.3, 0.4) is 0 Å². The van der Waals surface area contributed by atoms with Crippen molar-refractivity contribution in [1.29, 1.82) is 0 Å². The highest BCUT2D eigenvalue weighted by Crippen LogP contribution is 2.32. The minimum absolute atomic E-state index is 0.382. The van der Waals surface area contributed by atoms with Crippen molar-refractivity contribution < 1.29 is 19.1 Å². The van der Waals surface area contributed by atoms with Gasteiger partial charge in [0, 0.05) is 44.0 Å². The Hall–Kier alpha value is -2.93. The molecule has 1 atom stereocenters. The van der Waals surface area contributed by atoms with E-state index in [1.807, 2.05) is 30.5 Å². The highest BCUT2D eigenvalue weighted by Gasteiger charge is 2.28. The van der Waals surface area contributed by atoms with E-state index in [0.29, 0.717) is 19.6 Å². The van der Waals surface area contributed by atoms with E-state index in [-0.39, 0.29) is 5.92 Å². The Morgan fingerprint density at radius 1 is 1.38 bits per heavy atom. The molecule has 152 valence electrons. The third-order valence-electron chi connectivity index (χ3n) is 5.38. The van der Waals surface area contributed by atoms with Crippen LogP contribution in [-0.4, -0.2) is 47.8 Å². The van der Waals surface area contributed by atoms with Gasteiger partial charge in [-0.15, -0.1) is 0 Å². The van der Waals surface area contributed by atoms with Gasteiger partial charge in [-0.2, -0.15) is 0 Å². The van der Waals surface area contributed by atoms with E-state index in [1.54, 1.807) is 13.4 Å². The van der Waals surface area contributed by atoms with Gasteiger partial charge < -0.3 is 19.2 Å². The third kappa shape index (κ3) is 4.24. The number of ether oxygens (including phenoxy) is 1. The average Bonchev–Trinajstić information content (AvgIpc) is 3.22. The van der Waals surface area contributed by atoms with Crippen molar-refractivity contribution in [3.05, 3.63) is 42.4 Å². The lowest BCUT2D eigenvalue weighted by atomic mass is 9.97. The van der Waals surface area contributed by atoms with E-state index in [4.69, 9.17) is 19.1 Å². The van der Waals surface area contributed by atoms with Crippen LogP contribution < -0.4 is 4.90 Å². The number of benzene rings is 1. The Labute approximate surface area is 169 Å². The van der Waals surface area contributed by atoms with Gasteiger partial charge in [-0.1, -0.05) is 0 Å². The summed E-state index contributed by atoms with van der Waals surface area (Å²) in [5.74, 6) is -0.374. The summed E-state index contributed by atoms with van der Waals surface area (Å²) in [6.45, 7) is 1.90. The van der Waals surface area contributed by atoms with E-state index < -0.39 is 5.97 Å². The highest BCUT2D eigenvalue weighted by atomic mass is 16.5. The molecular formula is C22H25N3O4. The summed E-state index contributed by atoms with van der Waals surface area (Å²) in [6, 6.07) is 7.86. The Morgan fingerprint density at radius 2 is 2.28 bits per heavy atom. The van der Waals surface area contributed by atoms with Crippen LogP contribution in [0, 0.1) is 5.92 Å². The third-order valence-corrected chi connectivity index (χ3v) is 5.38. The van der Waals surface area contributed by atoms with Gasteiger partial charge in [0.15, 0.2) is 5.82 Å². The van der Waals surface area contributed by atoms with Crippen molar-refractivity contribution in [2.45, 2.75) is 25.7 Å². The number of fused-ring (bicyclic) bond motifs is 1. The van der Waals surface area contributed by atoms with Crippen LogP contribution in [0.15, 0.2) is 41.1 Å². The summed E-state index contributed by atoms with van der Waals surface area (Å²) in [5, 5.41) is 10.5. The van der Waals surface area contributed by atoms with Crippen molar-refractivity contribution in [3.8, 4) is 11.3 Å². The second kappa shape index (κ2) is 8.61. The zero-order valence-corrected chi connectivity index (χ0v) is 16.5. The van der Waals surface area contributed by atoms with Crippen LogP contribution in [0.5, 0.6) is 0 Å². The highest BCUT2D eigenvalue weighted by molar-refractivity contribution is 5.85. The summed E-state index contributed by atoms with van der Waals surface area (Å²) in [7, 11) is 1.69. The molecule has 1 fully saturated rings. The van der Waals surface area contributed by atoms with Crippen molar-refractivity contribution in [2.75, 3.05) is 31.7 Å². The van der Waals surface area contributed by atoms with Gasteiger partial charge in [-0.3, -0.25) is 9.78 Å². The number of methoxy groups -OCH3 is 1. The zero-order valence-electron chi connectivity index (χ0n) is 16.5. The minimum atomic E-state index is -0.750. The first-order valence-electron chi connectivity index (χ1n) is 9.96. The van der Waals surface area contributed by atoms with E-state index in [2.05, 4.69) is 4.90 Å². The predicted octanol–water partition coefficient (Wildman–Crippen LogP) is 3.77. The fraction of sp³-hybridized carbons (Fsp3) is 0.409. The Kier molecular flexibility index (Phi) is 5.76. The van der Waals surface area contributed by atoms with Gasteiger partial charge >= 0.3 is 5.97 Å². The number of hydrogen-bond donors (Lipinski definition) is 1. The van der Waals surface area contributed by atoms with Crippen molar-refractivity contribution in [2.24, 2.45) is 5.92 Å². The largest absolute Gasteiger partial charge is 0.481 e. The van der Waals surface area contributed by atoms with Gasteiger partial charge in [0.1, 0.15) is 11.3 Å². The maximum Gasteiger partial charge on any atom is 0.308 e. The molecule has 7 heteroatoms. The first-order chi connectivity index (χ1) is 14.2. The SMILES string of the molecule is COCCCc1cnc(-c2ccc3occc3c2)c(N2CCC[C@H](C(=O)O)C2)n1. The second-order valence-corrected chi connectivity index (χ2v) is 7.43. The number of rotatable bonds is 7. The van der Waals surface area contributed by atoms with Gasteiger partial charge in [0.25, 0.3) is 0 Å². The molecule has 3 heterocycles. The number of hydrogen-bond acceptors (Lipinski definition) is 6. The molecule has 0 unspecified atom stereocenters. The van der Waals surface area contributed by atoms with Crippen LogP contribution in [-0.2, 0) is 16.0 Å². The number of aliphatic carboxylic acids is 1. The molecule has 0 amide bonds. The number of furan rings is 1. The fourth-order valence-corrected chi connectivity index (χ4v) is 3.84. The van der Waals surface area contributed by atoms with Gasteiger partial charge in [0.05, 0.1) is 17.9 Å². The number of carboxylic acid groups (broad SMARTS) is 1. The van der Waals surface area contributed by atoms with E-state index in [9.17, 15) is 9.90 Å². The summed E-state index contributed by atoms with van der Waals surface area (Å²) in [4.78, 5) is 23.3. The first kappa shape index (κ1) is 19.4. The molecule has 0 aliphatic carbocycles. The number of anilines is 1.